The number of rotatable bonds is 6. The molecule has 1 aromatic rings. The van der Waals surface area contributed by atoms with Crippen LogP contribution in [0.25, 0.3) is 0 Å². The molecule has 0 saturated heterocycles. The van der Waals surface area contributed by atoms with E-state index in [1.54, 1.807) is 6.92 Å². The van der Waals surface area contributed by atoms with Crippen LogP contribution >= 0.6 is 0 Å². The van der Waals surface area contributed by atoms with Crippen LogP contribution in [-0.4, -0.2) is 32.8 Å². The van der Waals surface area contributed by atoms with Gasteiger partial charge in [0.25, 0.3) is 5.91 Å². The summed E-state index contributed by atoms with van der Waals surface area (Å²) in [5.41, 5.74) is 0.311. The Labute approximate surface area is 109 Å². The third kappa shape index (κ3) is 4.36. The maximum atomic E-state index is 12.2. The minimum atomic E-state index is -2.97. The van der Waals surface area contributed by atoms with Crippen molar-refractivity contribution in [2.45, 2.75) is 19.6 Å². The van der Waals surface area contributed by atoms with Crippen LogP contribution in [0.1, 0.15) is 6.92 Å². The Balaban J connectivity index is 2.88. The standard InChI is InChI=1S/C12H15F2NO4/c1-7(17-2)11(16)15-8-4-5-9(18-3)10(6-8)19-12(13)14/h4-7,12H,1-3H3,(H,15,16). The minimum absolute atomic E-state index is 0.151. The Morgan fingerprint density at radius 3 is 2.47 bits per heavy atom. The molecule has 1 aromatic carbocycles. The van der Waals surface area contributed by atoms with Crippen LogP contribution in [0.3, 0.4) is 0 Å². The number of halogens is 2. The van der Waals surface area contributed by atoms with Crippen LogP contribution in [0.4, 0.5) is 14.5 Å². The Hall–Kier alpha value is -1.89. The molecule has 0 aromatic heterocycles. The zero-order valence-electron chi connectivity index (χ0n) is 10.8. The first kappa shape index (κ1) is 15.2. The molecular formula is C12H15F2NO4. The molecule has 1 rings (SSSR count). The fraction of sp³-hybridized carbons (Fsp3) is 0.417. The van der Waals surface area contributed by atoms with Crippen molar-refractivity contribution in [3.05, 3.63) is 18.2 Å². The molecular weight excluding hydrogens is 260 g/mol. The van der Waals surface area contributed by atoms with E-state index in [9.17, 15) is 13.6 Å². The van der Waals surface area contributed by atoms with Gasteiger partial charge in [0.05, 0.1) is 7.11 Å². The van der Waals surface area contributed by atoms with Gasteiger partial charge in [-0.25, -0.2) is 0 Å². The van der Waals surface area contributed by atoms with E-state index < -0.39 is 18.6 Å². The molecule has 0 radical (unpaired) electrons. The van der Waals surface area contributed by atoms with E-state index >= 15 is 0 Å². The van der Waals surface area contributed by atoms with E-state index in [1.807, 2.05) is 0 Å². The number of methoxy groups -OCH3 is 2. The first-order chi connectivity index (χ1) is 8.97. The number of anilines is 1. The van der Waals surface area contributed by atoms with Gasteiger partial charge in [-0.15, -0.1) is 0 Å². The average Bonchev–Trinajstić information content (AvgIpc) is 2.37. The van der Waals surface area contributed by atoms with Crippen molar-refractivity contribution in [2.24, 2.45) is 0 Å². The lowest BCUT2D eigenvalue weighted by Gasteiger charge is -2.13. The number of hydrogen-bond acceptors (Lipinski definition) is 4. The number of ether oxygens (including phenoxy) is 3. The SMILES string of the molecule is COc1ccc(NC(=O)C(C)OC)cc1OC(F)F. The van der Waals surface area contributed by atoms with Crippen LogP contribution in [0.5, 0.6) is 11.5 Å². The fourth-order valence-electron chi connectivity index (χ4n) is 1.29. The summed E-state index contributed by atoms with van der Waals surface area (Å²) < 4.78 is 38.5. The average molecular weight is 275 g/mol. The number of hydrogen-bond donors (Lipinski definition) is 1. The molecule has 0 spiro atoms. The van der Waals surface area contributed by atoms with E-state index in [0.29, 0.717) is 5.69 Å². The predicted octanol–water partition coefficient (Wildman–Crippen LogP) is 2.27. The first-order valence-corrected chi connectivity index (χ1v) is 5.44. The first-order valence-electron chi connectivity index (χ1n) is 5.44. The summed E-state index contributed by atoms with van der Waals surface area (Å²) in [7, 11) is 2.72. The highest BCUT2D eigenvalue weighted by Crippen LogP contribution is 2.31. The molecule has 19 heavy (non-hydrogen) atoms. The molecule has 106 valence electrons. The van der Waals surface area contributed by atoms with E-state index in [-0.39, 0.29) is 11.5 Å². The van der Waals surface area contributed by atoms with Crippen LogP contribution in [0, 0.1) is 0 Å². The number of amides is 1. The van der Waals surface area contributed by atoms with Gasteiger partial charge in [0, 0.05) is 18.9 Å². The van der Waals surface area contributed by atoms with Crippen LogP contribution < -0.4 is 14.8 Å². The summed E-state index contributed by atoms with van der Waals surface area (Å²) >= 11 is 0. The molecule has 0 aliphatic carbocycles. The van der Waals surface area contributed by atoms with Crippen molar-refractivity contribution >= 4 is 11.6 Å². The topological polar surface area (TPSA) is 56.8 Å². The van der Waals surface area contributed by atoms with E-state index in [2.05, 4.69) is 10.1 Å². The number of benzene rings is 1. The molecule has 0 bridgehead atoms. The molecule has 1 unspecified atom stereocenters. The predicted molar refractivity (Wildman–Crippen MR) is 64.7 cm³/mol. The van der Waals surface area contributed by atoms with Crippen molar-refractivity contribution in [1.82, 2.24) is 0 Å². The van der Waals surface area contributed by atoms with Crippen molar-refractivity contribution in [2.75, 3.05) is 19.5 Å². The van der Waals surface area contributed by atoms with Crippen molar-refractivity contribution in [3.8, 4) is 11.5 Å². The summed E-state index contributed by atoms with van der Waals surface area (Å²) in [6.07, 6.45) is -0.651. The zero-order valence-corrected chi connectivity index (χ0v) is 10.8. The highest BCUT2D eigenvalue weighted by molar-refractivity contribution is 5.94. The molecule has 7 heteroatoms. The normalized spacial score (nSPS) is 12.1. The van der Waals surface area contributed by atoms with Gasteiger partial charge >= 0.3 is 6.61 Å². The van der Waals surface area contributed by atoms with Gasteiger partial charge in [-0.05, 0) is 19.1 Å². The third-order valence-corrected chi connectivity index (χ3v) is 2.37. The van der Waals surface area contributed by atoms with Crippen LogP contribution in [0.15, 0.2) is 18.2 Å². The fourth-order valence-corrected chi connectivity index (χ4v) is 1.29. The van der Waals surface area contributed by atoms with Gasteiger partial charge in [-0.3, -0.25) is 4.79 Å². The van der Waals surface area contributed by atoms with Gasteiger partial charge in [0.1, 0.15) is 6.10 Å². The van der Waals surface area contributed by atoms with Crippen molar-refractivity contribution in [3.63, 3.8) is 0 Å². The molecule has 1 N–H and O–H groups in total. The molecule has 0 heterocycles. The Morgan fingerprint density at radius 2 is 1.95 bits per heavy atom. The third-order valence-electron chi connectivity index (χ3n) is 2.37. The maximum Gasteiger partial charge on any atom is 0.387 e. The number of carbonyl (C=O) groups excluding carboxylic acids is 1. The minimum Gasteiger partial charge on any atom is -0.493 e. The largest absolute Gasteiger partial charge is 0.493 e. The highest BCUT2D eigenvalue weighted by Gasteiger charge is 2.15. The lowest BCUT2D eigenvalue weighted by molar-refractivity contribution is -0.124. The molecule has 0 fully saturated rings. The van der Waals surface area contributed by atoms with E-state index in [0.717, 1.165) is 0 Å². The second-order valence-electron chi connectivity index (χ2n) is 3.61. The number of carbonyl (C=O) groups is 1. The summed E-state index contributed by atoms with van der Waals surface area (Å²) in [4.78, 5) is 11.6. The molecule has 1 atom stereocenters. The monoisotopic (exact) mass is 275 g/mol. The number of alkyl halides is 2. The lowest BCUT2D eigenvalue weighted by Crippen LogP contribution is -2.26. The Morgan fingerprint density at radius 1 is 1.26 bits per heavy atom. The molecule has 0 aliphatic heterocycles. The molecule has 0 aliphatic rings. The lowest BCUT2D eigenvalue weighted by atomic mass is 10.2. The second-order valence-corrected chi connectivity index (χ2v) is 3.61. The van der Waals surface area contributed by atoms with Gasteiger partial charge in [0.15, 0.2) is 11.5 Å². The van der Waals surface area contributed by atoms with E-state index in [4.69, 9.17) is 9.47 Å². The van der Waals surface area contributed by atoms with E-state index in [1.165, 1.54) is 32.4 Å². The van der Waals surface area contributed by atoms with Crippen LogP contribution in [-0.2, 0) is 9.53 Å². The second kappa shape index (κ2) is 6.89. The smallest absolute Gasteiger partial charge is 0.387 e. The summed E-state index contributed by atoms with van der Waals surface area (Å²) in [6.45, 7) is -1.41. The molecule has 1 amide bonds. The highest BCUT2D eigenvalue weighted by atomic mass is 19.3. The summed E-state index contributed by atoms with van der Waals surface area (Å²) in [5.74, 6) is -0.394. The van der Waals surface area contributed by atoms with Gasteiger partial charge < -0.3 is 19.5 Å². The summed E-state index contributed by atoms with van der Waals surface area (Å²) in [6, 6.07) is 4.19. The molecule has 5 nitrogen and oxygen atoms in total. The molecule has 0 saturated carbocycles. The van der Waals surface area contributed by atoms with Gasteiger partial charge in [-0.1, -0.05) is 0 Å². The summed E-state index contributed by atoms with van der Waals surface area (Å²) in [5, 5.41) is 2.51. The number of nitrogens with one attached hydrogen (secondary N) is 1. The van der Waals surface area contributed by atoms with Gasteiger partial charge in [0.2, 0.25) is 0 Å². The maximum absolute atomic E-state index is 12.2. The Bertz CT molecular complexity index is 440. The zero-order chi connectivity index (χ0) is 14.4. The van der Waals surface area contributed by atoms with Crippen molar-refractivity contribution in [1.29, 1.82) is 0 Å². The Kier molecular flexibility index (Phi) is 5.50. The van der Waals surface area contributed by atoms with Gasteiger partial charge in [-0.2, -0.15) is 8.78 Å². The van der Waals surface area contributed by atoms with Crippen LogP contribution in [0.2, 0.25) is 0 Å². The quantitative estimate of drug-likeness (QED) is 0.865. The van der Waals surface area contributed by atoms with Crippen molar-refractivity contribution < 1.29 is 27.8 Å².